The Balaban J connectivity index is 1.98. The molecule has 0 bridgehead atoms. The molecule has 1 aromatic rings. The molecule has 3 unspecified atom stereocenters. The molecule has 1 aliphatic carbocycles. The number of hydrogen-bond acceptors (Lipinski definition) is 4. The van der Waals surface area contributed by atoms with Crippen LogP contribution in [0.3, 0.4) is 0 Å². The van der Waals surface area contributed by atoms with Crippen molar-refractivity contribution in [3.63, 3.8) is 0 Å². The molecule has 0 amide bonds. The van der Waals surface area contributed by atoms with E-state index in [1.165, 1.54) is 25.7 Å². The van der Waals surface area contributed by atoms with Gasteiger partial charge in [-0.05, 0) is 37.5 Å². The lowest BCUT2D eigenvalue weighted by Crippen LogP contribution is -2.13. The van der Waals surface area contributed by atoms with E-state index in [9.17, 15) is 0 Å². The van der Waals surface area contributed by atoms with Gasteiger partial charge in [-0.1, -0.05) is 32.3 Å². The molecule has 1 fully saturated rings. The second kappa shape index (κ2) is 5.83. The van der Waals surface area contributed by atoms with Gasteiger partial charge in [0.2, 0.25) is 5.89 Å². The summed E-state index contributed by atoms with van der Waals surface area (Å²) in [5, 5.41) is 4.13. The standard InChI is InChI=1S/C14H25N3O/c1-4-10-5-6-11(8-10)13-16-14(18-17-13)12(15)7-9(2)3/h9-12H,4-8,15H2,1-3H3. The number of rotatable bonds is 5. The van der Waals surface area contributed by atoms with Gasteiger partial charge >= 0.3 is 0 Å². The Morgan fingerprint density at radius 1 is 1.39 bits per heavy atom. The number of nitrogens with two attached hydrogens (primary N) is 1. The van der Waals surface area contributed by atoms with E-state index >= 15 is 0 Å². The number of nitrogens with zero attached hydrogens (tertiary/aromatic N) is 2. The second-order valence-electron chi connectivity index (χ2n) is 6.01. The lowest BCUT2D eigenvalue weighted by atomic mass is 10.0. The molecule has 0 saturated heterocycles. The first kappa shape index (κ1) is 13.5. The van der Waals surface area contributed by atoms with E-state index in [1.54, 1.807) is 0 Å². The quantitative estimate of drug-likeness (QED) is 0.871. The maximum atomic E-state index is 6.07. The van der Waals surface area contributed by atoms with E-state index in [-0.39, 0.29) is 6.04 Å². The van der Waals surface area contributed by atoms with E-state index in [1.807, 2.05) is 0 Å². The van der Waals surface area contributed by atoms with Crippen LogP contribution in [0.4, 0.5) is 0 Å². The molecule has 0 radical (unpaired) electrons. The summed E-state index contributed by atoms with van der Waals surface area (Å²) in [6, 6.07) is -0.116. The maximum Gasteiger partial charge on any atom is 0.243 e. The summed E-state index contributed by atoms with van der Waals surface area (Å²) in [5.74, 6) is 3.35. The van der Waals surface area contributed by atoms with Gasteiger partial charge in [-0.15, -0.1) is 0 Å². The molecule has 1 aromatic heterocycles. The van der Waals surface area contributed by atoms with Gasteiger partial charge in [0.05, 0.1) is 6.04 Å². The third kappa shape index (κ3) is 3.10. The minimum atomic E-state index is -0.116. The third-order valence-electron chi connectivity index (χ3n) is 3.98. The largest absolute Gasteiger partial charge is 0.338 e. The Kier molecular flexibility index (Phi) is 4.38. The van der Waals surface area contributed by atoms with Gasteiger partial charge in [-0.3, -0.25) is 0 Å². The zero-order valence-electron chi connectivity index (χ0n) is 11.7. The van der Waals surface area contributed by atoms with Gasteiger partial charge in [0, 0.05) is 5.92 Å². The molecule has 1 aliphatic rings. The van der Waals surface area contributed by atoms with Crippen LogP contribution >= 0.6 is 0 Å². The van der Waals surface area contributed by atoms with Crippen molar-refractivity contribution in [2.45, 2.75) is 64.8 Å². The highest BCUT2D eigenvalue weighted by Gasteiger charge is 2.29. The first-order valence-corrected chi connectivity index (χ1v) is 7.19. The first-order chi connectivity index (χ1) is 8.60. The minimum absolute atomic E-state index is 0.116. The molecule has 3 atom stereocenters. The topological polar surface area (TPSA) is 64.9 Å². The van der Waals surface area contributed by atoms with Crippen LogP contribution in [0.5, 0.6) is 0 Å². The highest BCUT2D eigenvalue weighted by atomic mass is 16.5. The van der Waals surface area contributed by atoms with Gasteiger partial charge < -0.3 is 10.3 Å². The fourth-order valence-electron chi connectivity index (χ4n) is 2.85. The van der Waals surface area contributed by atoms with Crippen molar-refractivity contribution in [3.8, 4) is 0 Å². The Morgan fingerprint density at radius 3 is 2.78 bits per heavy atom. The van der Waals surface area contributed by atoms with Crippen LogP contribution in [-0.4, -0.2) is 10.1 Å². The summed E-state index contributed by atoms with van der Waals surface area (Å²) >= 11 is 0. The molecule has 0 aromatic carbocycles. The molecule has 2 N–H and O–H groups in total. The lowest BCUT2D eigenvalue weighted by Gasteiger charge is -2.08. The van der Waals surface area contributed by atoms with Gasteiger partial charge in [0.1, 0.15) is 0 Å². The first-order valence-electron chi connectivity index (χ1n) is 7.19. The van der Waals surface area contributed by atoms with Crippen LogP contribution in [0.25, 0.3) is 0 Å². The molecule has 0 spiro atoms. The van der Waals surface area contributed by atoms with Gasteiger partial charge in [0.25, 0.3) is 0 Å². The molecule has 4 heteroatoms. The van der Waals surface area contributed by atoms with E-state index < -0.39 is 0 Å². The molecule has 18 heavy (non-hydrogen) atoms. The minimum Gasteiger partial charge on any atom is -0.338 e. The maximum absolute atomic E-state index is 6.07. The summed E-state index contributed by atoms with van der Waals surface area (Å²) in [6.07, 6.45) is 5.84. The predicted octanol–water partition coefficient (Wildman–Crippen LogP) is 3.41. The van der Waals surface area contributed by atoms with E-state index in [0.717, 1.165) is 18.2 Å². The van der Waals surface area contributed by atoms with Crippen molar-refractivity contribution in [1.29, 1.82) is 0 Å². The van der Waals surface area contributed by atoms with Crippen LogP contribution in [0, 0.1) is 11.8 Å². The summed E-state index contributed by atoms with van der Waals surface area (Å²) in [4.78, 5) is 4.51. The Hall–Kier alpha value is -0.900. The highest BCUT2D eigenvalue weighted by Crippen LogP contribution is 2.38. The van der Waals surface area contributed by atoms with E-state index in [0.29, 0.717) is 17.7 Å². The number of aromatic nitrogens is 2. The van der Waals surface area contributed by atoms with Gasteiger partial charge in [-0.2, -0.15) is 4.98 Å². The van der Waals surface area contributed by atoms with Gasteiger partial charge in [0.15, 0.2) is 5.82 Å². The van der Waals surface area contributed by atoms with Crippen LogP contribution in [0.15, 0.2) is 4.52 Å². The summed E-state index contributed by atoms with van der Waals surface area (Å²) in [7, 11) is 0. The molecule has 1 heterocycles. The van der Waals surface area contributed by atoms with Crippen molar-refractivity contribution >= 4 is 0 Å². The predicted molar refractivity (Wildman–Crippen MR) is 71.1 cm³/mol. The Morgan fingerprint density at radius 2 is 2.17 bits per heavy atom. The zero-order chi connectivity index (χ0) is 13.1. The Bertz CT molecular complexity index is 375. The van der Waals surface area contributed by atoms with Crippen LogP contribution < -0.4 is 5.73 Å². The van der Waals surface area contributed by atoms with E-state index in [4.69, 9.17) is 10.3 Å². The zero-order valence-corrected chi connectivity index (χ0v) is 11.7. The monoisotopic (exact) mass is 251 g/mol. The van der Waals surface area contributed by atoms with Gasteiger partial charge in [-0.25, -0.2) is 0 Å². The van der Waals surface area contributed by atoms with Crippen molar-refractivity contribution < 1.29 is 4.52 Å². The van der Waals surface area contributed by atoms with Crippen molar-refractivity contribution in [2.24, 2.45) is 17.6 Å². The fourth-order valence-corrected chi connectivity index (χ4v) is 2.85. The molecular formula is C14H25N3O. The fraction of sp³-hybridized carbons (Fsp3) is 0.857. The average Bonchev–Trinajstić information content (AvgIpc) is 2.96. The summed E-state index contributed by atoms with van der Waals surface area (Å²) in [6.45, 7) is 6.56. The van der Waals surface area contributed by atoms with Crippen LogP contribution in [-0.2, 0) is 0 Å². The SMILES string of the molecule is CCC1CCC(c2noc(C(N)CC(C)C)n2)C1. The Labute approximate surface area is 109 Å². The van der Waals surface area contributed by atoms with Crippen molar-refractivity contribution in [1.82, 2.24) is 10.1 Å². The normalized spacial score (nSPS) is 25.8. The lowest BCUT2D eigenvalue weighted by molar-refractivity contribution is 0.330. The third-order valence-corrected chi connectivity index (χ3v) is 3.98. The molecule has 102 valence electrons. The molecule has 0 aliphatic heterocycles. The molecule has 1 saturated carbocycles. The van der Waals surface area contributed by atoms with Crippen molar-refractivity contribution in [2.75, 3.05) is 0 Å². The molecule has 4 nitrogen and oxygen atoms in total. The summed E-state index contributed by atoms with van der Waals surface area (Å²) in [5.41, 5.74) is 6.07. The van der Waals surface area contributed by atoms with E-state index in [2.05, 4.69) is 30.9 Å². The van der Waals surface area contributed by atoms with Crippen LogP contribution in [0.2, 0.25) is 0 Å². The smallest absolute Gasteiger partial charge is 0.243 e. The van der Waals surface area contributed by atoms with Crippen molar-refractivity contribution in [3.05, 3.63) is 11.7 Å². The highest BCUT2D eigenvalue weighted by molar-refractivity contribution is 5.01. The van der Waals surface area contributed by atoms with Crippen LogP contribution in [0.1, 0.15) is 76.6 Å². The second-order valence-corrected chi connectivity index (χ2v) is 6.01. The number of hydrogen-bond donors (Lipinski definition) is 1. The average molecular weight is 251 g/mol. The molecule has 2 rings (SSSR count). The summed E-state index contributed by atoms with van der Waals surface area (Å²) < 4.78 is 5.32. The molecular weight excluding hydrogens is 226 g/mol.